The van der Waals surface area contributed by atoms with Gasteiger partial charge >= 0.3 is 11.9 Å². The Bertz CT molecular complexity index is 1570. The van der Waals surface area contributed by atoms with Crippen LogP contribution in [-0.2, 0) is 9.47 Å². The lowest BCUT2D eigenvalue weighted by Gasteiger charge is -2.07. The van der Waals surface area contributed by atoms with E-state index < -0.39 is 22.6 Å². The van der Waals surface area contributed by atoms with Crippen LogP contribution in [0.5, 0.6) is 5.75 Å². The number of carbonyl (C=O) groups excluding carboxylic acids is 3. The van der Waals surface area contributed by atoms with E-state index in [2.05, 4.69) is 4.98 Å². The van der Waals surface area contributed by atoms with Gasteiger partial charge in [-0.3, -0.25) is 19.3 Å². The van der Waals surface area contributed by atoms with Gasteiger partial charge in [-0.05, 0) is 32.0 Å². The number of rotatable bonds is 9. The van der Waals surface area contributed by atoms with Crippen molar-refractivity contribution in [3.05, 3.63) is 93.4 Å². The molecular formula is C27H23N3O8. The first-order valence-electron chi connectivity index (χ1n) is 11.6. The molecule has 4 rings (SSSR count). The molecule has 0 fully saturated rings. The molecule has 2 heterocycles. The third kappa shape index (κ3) is 4.81. The van der Waals surface area contributed by atoms with Crippen LogP contribution in [-0.4, -0.2) is 52.4 Å². The standard InChI is InChI=1S/C27H23N3O8/c1-4-37-26(32)22-21-14-20(16-8-7-11-19(13-16)36-3)28-15-29(21)24(23(22)27(33)38-5-2)25(31)17-9-6-10-18(12-17)30(34)35/h6-15H,4-5H2,1-3H3. The molecule has 0 spiro atoms. The number of benzene rings is 2. The third-order valence-electron chi connectivity index (χ3n) is 5.69. The maximum atomic E-state index is 13.7. The quantitative estimate of drug-likeness (QED) is 0.136. The number of nitrogens with zero attached hydrogens (tertiary/aromatic N) is 3. The SMILES string of the molecule is CCOC(=O)c1c(C(=O)OCC)c2cc(-c3cccc(OC)c3)ncn2c1C(=O)c1cccc([N+](=O)[O-])c1. The van der Waals surface area contributed by atoms with Crippen LogP contribution < -0.4 is 4.74 Å². The minimum Gasteiger partial charge on any atom is -0.497 e. The fraction of sp³-hybridized carbons (Fsp3) is 0.185. The van der Waals surface area contributed by atoms with Crippen molar-refractivity contribution in [3.63, 3.8) is 0 Å². The van der Waals surface area contributed by atoms with E-state index in [0.29, 0.717) is 17.0 Å². The van der Waals surface area contributed by atoms with Crippen LogP contribution in [0.3, 0.4) is 0 Å². The fourth-order valence-corrected chi connectivity index (χ4v) is 4.03. The van der Waals surface area contributed by atoms with E-state index in [0.717, 1.165) is 6.07 Å². The van der Waals surface area contributed by atoms with E-state index in [9.17, 15) is 24.5 Å². The number of ether oxygens (including phenoxy) is 3. The molecule has 38 heavy (non-hydrogen) atoms. The number of nitro benzene ring substituents is 1. The molecule has 2 aromatic heterocycles. The normalized spacial score (nSPS) is 10.7. The molecule has 0 aliphatic heterocycles. The van der Waals surface area contributed by atoms with Gasteiger partial charge in [-0.25, -0.2) is 14.6 Å². The second kappa shape index (κ2) is 10.9. The topological polar surface area (TPSA) is 139 Å². The van der Waals surface area contributed by atoms with Crippen LogP contribution >= 0.6 is 0 Å². The van der Waals surface area contributed by atoms with Crippen LogP contribution in [0.15, 0.2) is 60.9 Å². The molecule has 0 atom stereocenters. The van der Waals surface area contributed by atoms with Crippen LogP contribution in [0.4, 0.5) is 5.69 Å². The first-order valence-corrected chi connectivity index (χ1v) is 11.6. The van der Waals surface area contributed by atoms with Gasteiger partial charge in [0.25, 0.3) is 5.69 Å². The van der Waals surface area contributed by atoms with Gasteiger partial charge in [0.05, 0.1) is 36.5 Å². The highest BCUT2D eigenvalue weighted by molar-refractivity contribution is 6.20. The Balaban J connectivity index is 2.04. The minimum atomic E-state index is -0.920. The summed E-state index contributed by atoms with van der Waals surface area (Å²) in [5.74, 6) is -1.91. The van der Waals surface area contributed by atoms with Gasteiger partial charge in [0.15, 0.2) is 0 Å². The van der Waals surface area contributed by atoms with E-state index in [1.54, 1.807) is 44.2 Å². The van der Waals surface area contributed by atoms with E-state index in [1.165, 1.54) is 36.0 Å². The van der Waals surface area contributed by atoms with Crippen molar-refractivity contribution < 1.29 is 33.5 Å². The summed E-state index contributed by atoms with van der Waals surface area (Å²) < 4.78 is 17.0. The molecule has 4 aromatic rings. The van der Waals surface area contributed by atoms with E-state index >= 15 is 0 Å². The molecule has 0 unspecified atom stereocenters. The lowest BCUT2D eigenvalue weighted by Crippen LogP contribution is -2.17. The summed E-state index contributed by atoms with van der Waals surface area (Å²) >= 11 is 0. The largest absolute Gasteiger partial charge is 0.497 e. The maximum Gasteiger partial charge on any atom is 0.341 e. The molecule has 0 radical (unpaired) electrons. The molecule has 0 amide bonds. The Hall–Kier alpha value is -5.06. The summed E-state index contributed by atoms with van der Waals surface area (Å²) in [5.41, 5.74) is 0.183. The van der Waals surface area contributed by atoms with Gasteiger partial charge in [-0.2, -0.15) is 0 Å². The van der Waals surface area contributed by atoms with Gasteiger partial charge in [0, 0.05) is 23.3 Å². The number of methoxy groups -OCH3 is 1. The summed E-state index contributed by atoms with van der Waals surface area (Å²) in [6, 6.07) is 13.7. The number of carbonyl (C=O) groups is 3. The lowest BCUT2D eigenvalue weighted by atomic mass is 10.0. The summed E-state index contributed by atoms with van der Waals surface area (Å²) in [4.78, 5) is 55.2. The predicted octanol–water partition coefficient (Wildman–Crippen LogP) is 4.50. The predicted molar refractivity (Wildman–Crippen MR) is 136 cm³/mol. The number of non-ortho nitro benzene ring substituents is 1. The minimum absolute atomic E-state index is 0.0143. The van der Waals surface area contributed by atoms with Gasteiger partial charge < -0.3 is 14.2 Å². The van der Waals surface area contributed by atoms with Crippen LogP contribution in [0.25, 0.3) is 16.8 Å². The average Bonchev–Trinajstić information content (AvgIpc) is 3.27. The van der Waals surface area contributed by atoms with E-state index in [1.807, 2.05) is 0 Å². The summed E-state index contributed by atoms with van der Waals surface area (Å²) in [5, 5.41) is 11.3. The highest BCUT2D eigenvalue weighted by Crippen LogP contribution is 2.31. The number of fused-ring (bicyclic) bond motifs is 1. The van der Waals surface area contributed by atoms with Crippen molar-refractivity contribution in [2.24, 2.45) is 0 Å². The zero-order valence-corrected chi connectivity index (χ0v) is 20.8. The highest BCUT2D eigenvalue weighted by atomic mass is 16.6. The number of aromatic nitrogens is 2. The number of nitro groups is 1. The van der Waals surface area contributed by atoms with Crippen LogP contribution in [0.2, 0.25) is 0 Å². The molecule has 194 valence electrons. The van der Waals surface area contributed by atoms with Crippen molar-refractivity contribution in [1.82, 2.24) is 9.38 Å². The highest BCUT2D eigenvalue weighted by Gasteiger charge is 2.34. The van der Waals surface area contributed by atoms with Crippen molar-refractivity contribution >= 4 is 28.9 Å². The summed E-state index contributed by atoms with van der Waals surface area (Å²) in [6.07, 6.45) is 1.31. The van der Waals surface area contributed by atoms with Gasteiger partial charge in [0.1, 0.15) is 28.9 Å². The fourth-order valence-electron chi connectivity index (χ4n) is 4.03. The molecule has 0 saturated heterocycles. The molecule has 0 N–H and O–H groups in total. The Morgan fingerprint density at radius 3 is 2.29 bits per heavy atom. The molecule has 0 aliphatic rings. The molecule has 11 heteroatoms. The van der Waals surface area contributed by atoms with Crippen molar-refractivity contribution in [2.45, 2.75) is 13.8 Å². The number of hydrogen-bond donors (Lipinski definition) is 0. The Labute approximate surface area is 216 Å². The second-order valence-corrected chi connectivity index (χ2v) is 7.94. The first-order chi connectivity index (χ1) is 18.3. The Morgan fingerprint density at radius 2 is 1.63 bits per heavy atom. The Kier molecular flexibility index (Phi) is 7.47. The molecule has 0 saturated carbocycles. The molecule has 11 nitrogen and oxygen atoms in total. The Morgan fingerprint density at radius 1 is 0.947 bits per heavy atom. The summed E-state index contributed by atoms with van der Waals surface area (Å²) in [6.45, 7) is 3.19. The number of esters is 2. The molecule has 2 aromatic carbocycles. The second-order valence-electron chi connectivity index (χ2n) is 7.94. The summed E-state index contributed by atoms with van der Waals surface area (Å²) in [7, 11) is 1.53. The zero-order chi connectivity index (χ0) is 27.4. The van der Waals surface area contributed by atoms with E-state index in [4.69, 9.17) is 14.2 Å². The average molecular weight is 517 g/mol. The third-order valence-corrected chi connectivity index (χ3v) is 5.69. The zero-order valence-electron chi connectivity index (χ0n) is 20.8. The number of hydrogen-bond acceptors (Lipinski definition) is 9. The van der Waals surface area contributed by atoms with E-state index in [-0.39, 0.29) is 46.8 Å². The van der Waals surface area contributed by atoms with Crippen LogP contribution in [0, 0.1) is 10.1 Å². The lowest BCUT2D eigenvalue weighted by molar-refractivity contribution is -0.384. The first kappa shape index (κ1) is 26.0. The maximum absolute atomic E-state index is 13.7. The van der Waals surface area contributed by atoms with Gasteiger partial charge in [0.2, 0.25) is 5.78 Å². The molecule has 0 aliphatic carbocycles. The molecule has 0 bridgehead atoms. The van der Waals surface area contributed by atoms with Crippen LogP contribution in [0.1, 0.15) is 50.6 Å². The monoisotopic (exact) mass is 517 g/mol. The smallest absolute Gasteiger partial charge is 0.341 e. The van der Waals surface area contributed by atoms with Crippen molar-refractivity contribution in [2.75, 3.05) is 20.3 Å². The molecular weight excluding hydrogens is 494 g/mol. The number of ketones is 1. The van der Waals surface area contributed by atoms with Gasteiger partial charge in [-0.1, -0.05) is 24.3 Å². The van der Waals surface area contributed by atoms with Gasteiger partial charge in [-0.15, -0.1) is 0 Å². The van der Waals surface area contributed by atoms with Crippen molar-refractivity contribution in [3.8, 4) is 17.0 Å². The van der Waals surface area contributed by atoms with Crippen molar-refractivity contribution in [1.29, 1.82) is 0 Å².